The number of nitrogens with zero attached hydrogens (tertiary/aromatic N) is 3. The summed E-state index contributed by atoms with van der Waals surface area (Å²) in [7, 11) is 1.77. The van der Waals surface area contributed by atoms with E-state index in [1.165, 1.54) is 23.5 Å². The third-order valence-corrected chi connectivity index (χ3v) is 5.43. The molecule has 1 aliphatic rings. The fraction of sp³-hybridized carbons (Fsp3) is 0.250. The lowest BCUT2D eigenvalue weighted by Gasteiger charge is -2.16. The third kappa shape index (κ3) is 4.98. The van der Waals surface area contributed by atoms with Gasteiger partial charge >= 0.3 is 5.97 Å². The van der Waals surface area contributed by atoms with Gasteiger partial charge < -0.3 is 25.0 Å². The van der Waals surface area contributed by atoms with Gasteiger partial charge in [0.2, 0.25) is 5.91 Å². The lowest BCUT2D eigenvalue weighted by atomic mass is 10.1. The molecule has 32 heavy (non-hydrogen) atoms. The zero-order valence-electron chi connectivity index (χ0n) is 16.7. The maximum absolute atomic E-state index is 13.1. The number of anilines is 1. The second kappa shape index (κ2) is 8.85. The maximum Gasteiger partial charge on any atom is 0.336 e. The van der Waals surface area contributed by atoms with Crippen molar-refractivity contribution in [3.05, 3.63) is 53.7 Å². The number of hydrogen-bond donors (Lipinski definition) is 3. The highest BCUT2D eigenvalue weighted by Crippen LogP contribution is 2.26. The standard InChI is InChI=1S/C20H18FN5O5S/c1-26-7-12(22-9-26)6-13(23-18(28)15-16(31-15)19(29)30)17(27)25-20-24-14(8-32-20)10-2-4-11(21)5-3-10/h2-5,7-9,13,15-16H,6H2,1H3,(H,23,28)(H,29,30)(H,24,25,27)/t13-,15-,16-/m0/s1. The van der Waals surface area contributed by atoms with Crippen molar-refractivity contribution in [3.63, 3.8) is 0 Å². The van der Waals surface area contributed by atoms with E-state index in [4.69, 9.17) is 9.84 Å². The number of hydrogen-bond acceptors (Lipinski definition) is 7. The number of amides is 2. The molecular weight excluding hydrogens is 441 g/mol. The molecule has 0 radical (unpaired) electrons. The minimum Gasteiger partial charge on any atom is -0.479 e. The van der Waals surface area contributed by atoms with Gasteiger partial charge in [-0.3, -0.25) is 9.59 Å². The first kappa shape index (κ1) is 21.6. The molecule has 1 aromatic carbocycles. The molecule has 3 atom stereocenters. The monoisotopic (exact) mass is 459 g/mol. The third-order valence-electron chi connectivity index (χ3n) is 4.67. The molecule has 3 aromatic rings. The van der Waals surface area contributed by atoms with E-state index in [9.17, 15) is 18.8 Å². The molecule has 0 spiro atoms. The highest BCUT2D eigenvalue weighted by molar-refractivity contribution is 7.14. The molecule has 12 heteroatoms. The van der Waals surface area contributed by atoms with Gasteiger partial charge in [-0.25, -0.2) is 19.2 Å². The van der Waals surface area contributed by atoms with Gasteiger partial charge in [0.15, 0.2) is 17.3 Å². The number of rotatable bonds is 8. The summed E-state index contributed by atoms with van der Waals surface area (Å²) in [5.74, 6) is -2.85. The number of nitrogens with one attached hydrogen (secondary N) is 2. The van der Waals surface area contributed by atoms with Crippen molar-refractivity contribution < 1.29 is 28.6 Å². The van der Waals surface area contributed by atoms with Crippen LogP contribution in [0.15, 0.2) is 42.2 Å². The van der Waals surface area contributed by atoms with Gasteiger partial charge in [-0.1, -0.05) is 0 Å². The molecule has 10 nitrogen and oxygen atoms in total. The number of imidazole rings is 1. The Balaban J connectivity index is 1.46. The van der Waals surface area contributed by atoms with Gasteiger partial charge in [0.1, 0.15) is 11.9 Å². The van der Waals surface area contributed by atoms with Crippen molar-refractivity contribution >= 4 is 34.3 Å². The topological polar surface area (TPSA) is 139 Å². The largest absolute Gasteiger partial charge is 0.479 e. The predicted molar refractivity (Wildman–Crippen MR) is 111 cm³/mol. The molecule has 1 aliphatic heterocycles. The van der Waals surface area contributed by atoms with Crippen LogP contribution >= 0.6 is 11.3 Å². The second-order valence-electron chi connectivity index (χ2n) is 7.15. The number of ether oxygens (including phenoxy) is 1. The van der Waals surface area contributed by atoms with Crippen molar-refractivity contribution in [1.29, 1.82) is 0 Å². The van der Waals surface area contributed by atoms with Gasteiger partial charge in [0, 0.05) is 30.6 Å². The van der Waals surface area contributed by atoms with Crippen LogP contribution in [-0.2, 0) is 32.6 Å². The van der Waals surface area contributed by atoms with Crippen LogP contribution in [0.25, 0.3) is 11.3 Å². The summed E-state index contributed by atoms with van der Waals surface area (Å²) in [6, 6.07) is 4.75. The normalized spacial score (nSPS) is 18.1. The summed E-state index contributed by atoms with van der Waals surface area (Å²) in [5, 5.41) is 16.1. The second-order valence-corrected chi connectivity index (χ2v) is 8.00. The van der Waals surface area contributed by atoms with Gasteiger partial charge in [-0.05, 0) is 24.3 Å². The number of aromatic nitrogens is 3. The fourth-order valence-electron chi connectivity index (χ4n) is 3.02. The van der Waals surface area contributed by atoms with E-state index in [1.807, 2.05) is 0 Å². The molecular formula is C20H18FN5O5S. The van der Waals surface area contributed by atoms with Crippen LogP contribution in [0, 0.1) is 5.82 Å². The Morgan fingerprint density at radius 3 is 2.66 bits per heavy atom. The number of benzene rings is 1. The molecule has 0 bridgehead atoms. The van der Waals surface area contributed by atoms with Crippen molar-refractivity contribution in [2.24, 2.45) is 7.05 Å². The number of carboxylic acids is 1. The van der Waals surface area contributed by atoms with E-state index < -0.39 is 36.0 Å². The first-order chi connectivity index (χ1) is 15.3. The Labute approximate surface area is 185 Å². The average Bonchev–Trinajstić information content (AvgIpc) is 3.28. The molecule has 1 saturated heterocycles. The van der Waals surface area contributed by atoms with E-state index in [2.05, 4.69) is 20.6 Å². The molecule has 4 rings (SSSR count). The average molecular weight is 459 g/mol. The van der Waals surface area contributed by atoms with Crippen LogP contribution in [0.2, 0.25) is 0 Å². The number of carbonyl (C=O) groups excluding carboxylic acids is 2. The van der Waals surface area contributed by atoms with Crippen LogP contribution in [0.4, 0.5) is 9.52 Å². The van der Waals surface area contributed by atoms with E-state index >= 15 is 0 Å². The number of thiazole rings is 1. The van der Waals surface area contributed by atoms with E-state index in [1.54, 1.807) is 41.7 Å². The summed E-state index contributed by atoms with van der Waals surface area (Å²) in [6.45, 7) is 0. The number of aliphatic carboxylic acids is 1. The van der Waals surface area contributed by atoms with Gasteiger partial charge in [-0.2, -0.15) is 0 Å². The minimum absolute atomic E-state index is 0.0824. The first-order valence-corrected chi connectivity index (χ1v) is 10.4. The number of carbonyl (C=O) groups is 3. The SMILES string of the molecule is Cn1cnc(C[C@H](NC(=O)[C@H]2O[C@@H]2C(=O)O)C(=O)Nc2nc(-c3ccc(F)cc3)cs2)c1. The van der Waals surface area contributed by atoms with Gasteiger partial charge in [-0.15, -0.1) is 11.3 Å². The number of epoxide rings is 1. The zero-order chi connectivity index (χ0) is 22.8. The van der Waals surface area contributed by atoms with Crippen LogP contribution < -0.4 is 10.6 Å². The van der Waals surface area contributed by atoms with E-state index in [0.29, 0.717) is 22.1 Å². The van der Waals surface area contributed by atoms with Crippen LogP contribution in [0.1, 0.15) is 5.69 Å². The molecule has 1 fully saturated rings. The molecule has 0 aliphatic carbocycles. The molecule has 2 aromatic heterocycles. The summed E-state index contributed by atoms with van der Waals surface area (Å²) in [4.78, 5) is 44.7. The van der Waals surface area contributed by atoms with Crippen molar-refractivity contribution in [2.45, 2.75) is 24.7 Å². The van der Waals surface area contributed by atoms with Crippen LogP contribution in [0.5, 0.6) is 0 Å². The van der Waals surface area contributed by atoms with E-state index in [-0.39, 0.29) is 12.2 Å². The van der Waals surface area contributed by atoms with Crippen molar-refractivity contribution in [1.82, 2.24) is 19.9 Å². The summed E-state index contributed by atoms with van der Waals surface area (Å²) < 4.78 is 19.7. The number of halogens is 1. The molecule has 0 unspecified atom stereocenters. The first-order valence-electron chi connectivity index (χ1n) is 9.48. The lowest BCUT2D eigenvalue weighted by Crippen LogP contribution is -2.47. The summed E-state index contributed by atoms with van der Waals surface area (Å²) in [5.41, 5.74) is 1.81. The van der Waals surface area contributed by atoms with Crippen molar-refractivity contribution in [3.8, 4) is 11.3 Å². The Bertz CT molecular complexity index is 1160. The molecule has 2 amide bonds. The molecule has 166 valence electrons. The Hall–Kier alpha value is -3.64. The summed E-state index contributed by atoms with van der Waals surface area (Å²) in [6.07, 6.45) is 0.990. The minimum atomic E-state index is -1.24. The number of aryl methyl sites for hydroxylation is 1. The summed E-state index contributed by atoms with van der Waals surface area (Å²) >= 11 is 1.17. The Morgan fingerprint density at radius 1 is 1.28 bits per heavy atom. The van der Waals surface area contributed by atoms with Crippen LogP contribution in [0.3, 0.4) is 0 Å². The highest BCUT2D eigenvalue weighted by Gasteiger charge is 2.51. The zero-order valence-corrected chi connectivity index (χ0v) is 17.5. The highest BCUT2D eigenvalue weighted by atomic mass is 32.1. The van der Waals surface area contributed by atoms with Gasteiger partial charge in [0.25, 0.3) is 5.91 Å². The molecule has 3 N–H and O–H groups in total. The van der Waals surface area contributed by atoms with E-state index in [0.717, 1.165) is 0 Å². The quantitative estimate of drug-likeness (QED) is 0.430. The Morgan fingerprint density at radius 2 is 2.03 bits per heavy atom. The fourth-order valence-corrected chi connectivity index (χ4v) is 3.74. The van der Waals surface area contributed by atoms with Crippen molar-refractivity contribution in [2.75, 3.05) is 5.32 Å². The smallest absolute Gasteiger partial charge is 0.336 e. The predicted octanol–water partition coefficient (Wildman–Crippen LogP) is 1.20. The Kier molecular flexibility index (Phi) is 5.97. The van der Waals surface area contributed by atoms with Crippen LogP contribution in [-0.4, -0.2) is 55.7 Å². The lowest BCUT2D eigenvalue weighted by molar-refractivity contribution is -0.138. The molecule has 0 saturated carbocycles. The maximum atomic E-state index is 13.1. The number of carboxylic acid groups (broad SMARTS) is 1. The van der Waals surface area contributed by atoms with Gasteiger partial charge in [0.05, 0.1) is 17.7 Å². The molecule has 3 heterocycles.